The molecular formula is C15H22N4O2. The van der Waals surface area contributed by atoms with Crippen molar-refractivity contribution in [1.29, 1.82) is 0 Å². The number of nitrogens with zero attached hydrogens (tertiary/aromatic N) is 2. The maximum atomic E-state index is 12.8. The van der Waals surface area contributed by atoms with Crippen molar-refractivity contribution in [2.75, 3.05) is 26.0 Å². The first-order valence-corrected chi connectivity index (χ1v) is 7.12. The summed E-state index contributed by atoms with van der Waals surface area (Å²) in [5, 5.41) is 7.80. The van der Waals surface area contributed by atoms with E-state index in [0.29, 0.717) is 24.5 Å². The first-order chi connectivity index (χ1) is 10.1. The number of amides is 1. The number of methoxy groups -OCH3 is 1. The molecular weight excluding hydrogens is 268 g/mol. The first kappa shape index (κ1) is 15.3. The second kappa shape index (κ2) is 6.58. The summed E-state index contributed by atoms with van der Waals surface area (Å²) in [5.41, 5.74) is 7.64. The lowest BCUT2D eigenvalue weighted by Gasteiger charge is -2.27. The predicted octanol–water partition coefficient (Wildman–Crippen LogP) is 2.03. The summed E-state index contributed by atoms with van der Waals surface area (Å²) in [6.45, 7) is 5.12. The van der Waals surface area contributed by atoms with Gasteiger partial charge in [0, 0.05) is 30.8 Å². The van der Waals surface area contributed by atoms with Crippen LogP contribution in [0.5, 0.6) is 0 Å². The van der Waals surface area contributed by atoms with Crippen LogP contribution in [0.1, 0.15) is 30.8 Å². The molecule has 6 heteroatoms. The Morgan fingerprint density at radius 1 is 1.52 bits per heavy atom. The van der Waals surface area contributed by atoms with Gasteiger partial charge in [-0.2, -0.15) is 5.10 Å². The maximum absolute atomic E-state index is 12.8. The number of rotatable bonds is 6. The summed E-state index contributed by atoms with van der Waals surface area (Å²) in [6.07, 6.45) is 0.875. The fourth-order valence-corrected chi connectivity index (χ4v) is 2.26. The van der Waals surface area contributed by atoms with Gasteiger partial charge in [0.15, 0.2) is 5.69 Å². The zero-order valence-corrected chi connectivity index (χ0v) is 12.7. The average Bonchev–Trinajstić information content (AvgIpc) is 2.89. The molecule has 1 atom stereocenters. The fourth-order valence-electron chi connectivity index (χ4n) is 2.26. The standard InChI is InChI=1S/C15H22N4O2/c1-4-10(2)19(7-8-21-3)15(20)14-12-9-11(16)5-6-13(12)17-18-14/h5-6,9-10H,4,7-8,16H2,1-3H3,(H,17,18). The molecule has 0 saturated carbocycles. The van der Waals surface area contributed by atoms with E-state index in [1.54, 1.807) is 24.1 Å². The van der Waals surface area contributed by atoms with E-state index in [1.807, 2.05) is 13.0 Å². The van der Waals surface area contributed by atoms with Crippen molar-refractivity contribution in [3.05, 3.63) is 23.9 Å². The van der Waals surface area contributed by atoms with Crippen molar-refractivity contribution in [2.24, 2.45) is 0 Å². The largest absolute Gasteiger partial charge is 0.399 e. The van der Waals surface area contributed by atoms with Crippen LogP contribution in [0.15, 0.2) is 18.2 Å². The number of aromatic amines is 1. The molecule has 114 valence electrons. The Hall–Kier alpha value is -2.08. The Labute approximate surface area is 124 Å². The number of carbonyl (C=O) groups excluding carboxylic acids is 1. The van der Waals surface area contributed by atoms with E-state index >= 15 is 0 Å². The highest BCUT2D eigenvalue weighted by Crippen LogP contribution is 2.21. The summed E-state index contributed by atoms with van der Waals surface area (Å²) in [6, 6.07) is 5.51. The molecule has 0 aliphatic rings. The zero-order chi connectivity index (χ0) is 15.4. The molecule has 1 aromatic carbocycles. The van der Waals surface area contributed by atoms with E-state index in [9.17, 15) is 4.79 Å². The number of nitrogens with one attached hydrogen (secondary N) is 1. The Bertz CT molecular complexity index is 623. The second-order valence-electron chi connectivity index (χ2n) is 5.13. The van der Waals surface area contributed by atoms with Gasteiger partial charge in [0.2, 0.25) is 0 Å². The second-order valence-corrected chi connectivity index (χ2v) is 5.13. The van der Waals surface area contributed by atoms with Crippen molar-refractivity contribution < 1.29 is 9.53 Å². The molecule has 0 bridgehead atoms. The van der Waals surface area contributed by atoms with Crippen molar-refractivity contribution >= 4 is 22.5 Å². The highest BCUT2D eigenvalue weighted by molar-refractivity contribution is 6.05. The molecule has 0 spiro atoms. The van der Waals surface area contributed by atoms with Gasteiger partial charge in [-0.15, -0.1) is 0 Å². The molecule has 1 amide bonds. The monoisotopic (exact) mass is 290 g/mol. The number of H-pyrrole nitrogens is 1. The van der Waals surface area contributed by atoms with E-state index in [2.05, 4.69) is 17.1 Å². The molecule has 0 radical (unpaired) electrons. The third-order valence-electron chi connectivity index (χ3n) is 3.71. The van der Waals surface area contributed by atoms with E-state index in [-0.39, 0.29) is 11.9 Å². The van der Waals surface area contributed by atoms with Gasteiger partial charge in [-0.3, -0.25) is 9.89 Å². The predicted molar refractivity (Wildman–Crippen MR) is 83.2 cm³/mol. The van der Waals surface area contributed by atoms with Gasteiger partial charge in [-0.1, -0.05) is 6.92 Å². The molecule has 3 N–H and O–H groups in total. The van der Waals surface area contributed by atoms with E-state index in [4.69, 9.17) is 10.5 Å². The van der Waals surface area contributed by atoms with Gasteiger partial charge in [-0.25, -0.2) is 0 Å². The number of hydrogen-bond acceptors (Lipinski definition) is 4. The number of aromatic nitrogens is 2. The zero-order valence-electron chi connectivity index (χ0n) is 12.7. The van der Waals surface area contributed by atoms with Crippen LogP contribution in [-0.4, -0.2) is 47.3 Å². The molecule has 0 aliphatic carbocycles. The topological polar surface area (TPSA) is 84.2 Å². The summed E-state index contributed by atoms with van der Waals surface area (Å²) in [4.78, 5) is 14.6. The highest BCUT2D eigenvalue weighted by atomic mass is 16.5. The van der Waals surface area contributed by atoms with Crippen LogP contribution in [0.3, 0.4) is 0 Å². The van der Waals surface area contributed by atoms with Gasteiger partial charge in [0.05, 0.1) is 12.1 Å². The van der Waals surface area contributed by atoms with E-state index < -0.39 is 0 Å². The van der Waals surface area contributed by atoms with Crippen LogP contribution in [0.4, 0.5) is 5.69 Å². The van der Waals surface area contributed by atoms with Crippen molar-refractivity contribution in [2.45, 2.75) is 26.3 Å². The minimum Gasteiger partial charge on any atom is -0.399 e. The van der Waals surface area contributed by atoms with Crippen LogP contribution in [0, 0.1) is 0 Å². The number of nitrogen functional groups attached to an aromatic ring is 1. The highest BCUT2D eigenvalue weighted by Gasteiger charge is 2.24. The Morgan fingerprint density at radius 3 is 2.95 bits per heavy atom. The van der Waals surface area contributed by atoms with E-state index in [0.717, 1.165) is 17.3 Å². The molecule has 6 nitrogen and oxygen atoms in total. The van der Waals surface area contributed by atoms with Gasteiger partial charge in [0.25, 0.3) is 5.91 Å². The summed E-state index contributed by atoms with van der Waals surface area (Å²) >= 11 is 0. The van der Waals surface area contributed by atoms with Gasteiger partial charge in [-0.05, 0) is 31.5 Å². The summed E-state index contributed by atoms with van der Waals surface area (Å²) in [7, 11) is 1.63. The van der Waals surface area contributed by atoms with Gasteiger partial charge >= 0.3 is 0 Å². The van der Waals surface area contributed by atoms with Gasteiger partial charge in [0.1, 0.15) is 0 Å². The molecule has 2 aromatic rings. The Kier molecular flexibility index (Phi) is 4.80. The number of carbonyl (C=O) groups is 1. The lowest BCUT2D eigenvalue weighted by molar-refractivity contribution is 0.0610. The molecule has 1 heterocycles. The van der Waals surface area contributed by atoms with Crippen LogP contribution in [0.25, 0.3) is 10.9 Å². The molecule has 2 rings (SSSR count). The third kappa shape index (κ3) is 3.16. The van der Waals surface area contributed by atoms with Crippen LogP contribution >= 0.6 is 0 Å². The molecule has 1 unspecified atom stereocenters. The van der Waals surface area contributed by atoms with Crippen LogP contribution < -0.4 is 5.73 Å². The van der Waals surface area contributed by atoms with Crippen LogP contribution in [0.2, 0.25) is 0 Å². The minimum atomic E-state index is -0.0988. The first-order valence-electron chi connectivity index (χ1n) is 7.12. The number of nitrogens with two attached hydrogens (primary N) is 1. The Balaban J connectivity index is 2.35. The summed E-state index contributed by atoms with van der Waals surface area (Å²) < 4.78 is 5.10. The number of benzene rings is 1. The van der Waals surface area contributed by atoms with Crippen LogP contribution in [-0.2, 0) is 4.74 Å². The number of hydrogen-bond donors (Lipinski definition) is 2. The molecule has 0 fully saturated rings. The fraction of sp³-hybridized carbons (Fsp3) is 0.467. The average molecular weight is 290 g/mol. The van der Waals surface area contributed by atoms with Crippen molar-refractivity contribution in [3.8, 4) is 0 Å². The smallest absolute Gasteiger partial charge is 0.275 e. The minimum absolute atomic E-state index is 0.0988. The quantitative estimate of drug-likeness (QED) is 0.797. The van der Waals surface area contributed by atoms with Crippen molar-refractivity contribution in [1.82, 2.24) is 15.1 Å². The van der Waals surface area contributed by atoms with E-state index in [1.165, 1.54) is 0 Å². The van der Waals surface area contributed by atoms with Crippen molar-refractivity contribution in [3.63, 3.8) is 0 Å². The molecule has 21 heavy (non-hydrogen) atoms. The maximum Gasteiger partial charge on any atom is 0.275 e. The number of fused-ring (bicyclic) bond motifs is 1. The molecule has 0 saturated heterocycles. The Morgan fingerprint density at radius 2 is 2.29 bits per heavy atom. The number of ether oxygens (including phenoxy) is 1. The van der Waals surface area contributed by atoms with Gasteiger partial charge < -0.3 is 15.4 Å². The normalized spacial score (nSPS) is 12.5. The lowest BCUT2D eigenvalue weighted by Crippen LogP contribution is -2.40. The molecule has 1 aromatic heterocycles. The summed E-state index contributed by atoms with van der Waals surface area (Å²) in [5.74, 6) is -0.0988. The molecule has 0 aliphatic heterocycles. The SMILES string of the molecule is CCC(C)N(CCOC)C(=O)c1n[nH]c2ccc(N)cc12. The third-order valence-corrected chi connectivity index (χ3v) is 3.71. The lowest BCUT2D eigenvalue weighted by atomic mass is 10.1. The number of anilines is 1.